The first-order valence-electron chi connectivity index (χ1n) is 8.39. The van der Waals surface area contributed by atoms with Gasteiger partial charge < -0.3 is 14.8 Å². The fourth-order valence-corrected chi connectivity index (χ4v) is 4.05. The molecule has 0 radical (unpaired) electrons. The van der Waals surface area contributed by atoms with Crippen LogP contribution in [-0.2, 0) is 11.3 Å². The first-order chi connectivity index (χ1) is 12.0. The summed E-state index contributed by atoms with van der Waals surface area (Å²) in [6, 6.07) is 3.33. The van der Waals surface area contributed by atoms with Gasteiger partial charge >= 0.3 is 6.03 Å². The van der Waals surface area contributed by atoms with Crippen molar-refractivity contribution in [2.75, 3.05) is 19.9 Å². The molecular formula is C17H20ClN3O4. The van der Waals surface area contributed by atoms with E-state index in [1.54, 1.807) is 6.07 Å². The number of amides is 3. The standard InChI is InChI=1S/C17H20ClN3O4/c1-17(15(22)19-16(23)20-17)11-2-4-21(5-3-11)8-10-6-13-14(7-12(10)18)25-9-24-13/h6-7,11H,2-5,8-9H2,1H3,(H2,19,20,22,23). The molecule has 1 aromatic carbocycles. The number of urea groups is 1. The van der Waals surface area contributed by atoms with Gasteiger partial charge in [-0.3, -0.25) is 15.0 Å². The molecule has 3 heterocycles. The third-order valence-electron chi connectivity index (χ3n) is 5.41. The summed E-state index contributed by atoms with van der Waals surface area (Å²) in [4.78, 5) is 25.8. The van der Waals surface area contributed by atoms with E-state index in [-0.39, 0.29) is 18.6 Å². The lowest BCUT2D eigenvalue weighted by atomic mass is 9.79. The molecule has 3 aliphatic heterocycles. The normalized spacial score (nSPS) is 26.6. The van der Waals surface area contributed by atoms with Gasteiger partial charge in [0.1, 0.15) is 5.54 Å². The number of carbonyl (C=O) groups excluding carboxylic acids is 2. The van der Waals surface area contributed by atoms with Crippen molar-refractivity contribution in [3.8, 4) is 11.5 Å². The second-order valence-electron chi connectivity index (χ2n) is 6.96. The summed E-state index contributed by atoms with van der Waals surface area (Å²) < 4.78 is 10.8. The first-order valence-corrected chi connectivity index (χ1v) is 8.77. The minimum Gasteiger partial charge on any atom is -0.454 e. The molecule has 2 N–H and O–H groups in total. The Hall–Kier alpha value is -1.99. The number of fused-ring (bicyclic) bond motifs is 1. The summed E-state index contributed by atoms with van der Waals surface area (Å²) >= 11 is 6.35. The molecule has 7 nitrogen and oxygen atoms in total. The third kappa shape index (κ3) is 2.91. The van der Waals surface area contributed by atoms with Crippen molar-refractivity contribution in [3.05, 3.63) is 22.7 Å². The fraction of sp³-hybridized carbons (Fsp3) is 0.529. The molecule has 1 unspecified atom stereocenters. The maximum atomic E-state index is 12.1. The molecule has 0 saturated carbocycles. The van der Waals surface area contributed by atoms with Crippen molar-refractivity contribution >= 4 is 23.5 Å². The summed E-state index contributed by atoms with van der Waals surface area (Å²) in [6.45, 7) is 4.44. The smallest absolute Gasteiger partial charge is 0.322 e. The Balaban J connectivity index is 1.40. The van der Waals surface area contributed by atoms with Crippen LogP contribution in [0.1, 0.15) is 25.3 Å². The number of hydrogen-bond donors (Lipinski definition) is 2. The average Bonchev–Trinajstić information content (AvgIpc) is 3.12. The van der Waals surface area contributed by atoms with Crippen LogP contribution in [0.15, 0.2) is 12.1 Å². The molecule has 1 aromatic rings. The zero-order valence-electron chi connectivity index (χ0n) is 13.9. The number of nitrogens with zero attached hydrogens (tertiary/aromatic N) is 1. The highest BCUT2D eigenvalue weighted by Crippen LogP contribution is 2.38. The van der Waals surface area contributed by atoms with E-state index in [1.807, 2.05) is 13.0 Å². The van der Waals surface area contributed by atoms with Crippen molar-refractivity contribution in [1.29, 1.82) is 0 Å². The predicted molar refractivity (Wildman–Crippen MR) is 90.7 cm³/mol. The van der Waals surface area contributed by atoms with Crippen molar-refractivity contribution in [2.45, 2.75) is 31.8 Å². The number of piperidine rings is 1. The third-order valence-corrected chi connectivity index (χ3v) is 5.76. The summed E-state index contributed by atoms with van der Waals surface area (Å²) in [5.41, 5.74) is 0.196. The molecule has 0 aliphatic carbocycles. The Labute approximate surface area is 150 Å². The number of likely N-dealkylation sites (tertiary alicyclic amines) is 1. The fourth-order valence-electron chi connectivity index (χ4n) is 3.83. The van der Waals surface area contributed by atoms with Gasteiger partial charge in [0.2, 0.25) is 6.79 Å². The molecule has 3 aliphatic rings. The second kappa shape index (κ2) is 6.07. The van der Waals surface area contributed by atoms with E-state index < -0.39 is 11.6 Å². The predicted octanol–water partition coefficient (Wildman–Crippen LogP) is 1.88. The molecule has 1 atom stereocenters. The minimum atomic E-state index is -0.806. The zero-order chi connectivity index (χ0) is 17.6. The maximum Gasteiger partial charge on any atom is 0.322 e. The highest BCUT2D eigenvalue weighted by Gasteiger charge is 2.48. The monoisotopic (exact) mass is 365 g/mol. The lowest BCUT2D eigenvalue weighted by Crippen LogP contribution is -2.53. The Morgan fingerprint density at radius 1 is 1.24 bits per heavy atom. The number of rotatable bonds is 3. The van der Waals surface area contributed by atoms with Crippen LogP contribution in [0.4, 0.5) is 4.79 Å². The van der Waals surface area contributed by atoms with Gasteiger partial charge in [0.15, 0.2) is 11.5 Å². The van der Waals surface area contributed by atoms with Crippen LogP contribution in [0.25, 0.3) is 0 Å². The molecule has 0 bridgehead atoms. The van der Waals surface area contributed by atoms with Gasteiger partial charge in [-0.1, -0.05) is 11.6 Å². The molecule has 2 saturated heterocycles. The van der Waals surface area contributed by atoms with Crippen LogP contribution in [-0.4, -0.2) is 42.3 Å². The Morgan fingerprint density at radius 3 is 2.56 bits per heavy atom. The molecule has 25 heavy (non-hydrogen) atoms. The number of halogens is 1. The van der Waals surface area contributed by atoms with Gasteiger partial charge in [0.25, 0.3) is 5.91 Å². The van der Waals surface area contributed by atoms with Crippen molar-refractivity contribution in [2.24, 2.45) is 5.92 Å². The second-order valence-corrected chi connectivity index (χ2v) is 7.37. The summed E-state index contributed by atoms with van der Waals surface area (Å²) in [5.74, 6) is 1.31. The number of benzene rings is 1. The van der Waals surface area contributed by atoms with E-state index in [1.165, 1.54) is 0 Å². The van der Waals surface area contributed by atoms with Gasteiger partial charge in [-0.05, 0) is 50.4 Å². The Bertz CT molecular complexity index is 733. The molecule has 134 valence electrons. The Morgan fingerprint density at radius 2 is 1.92 bits per heavy atom. The lowest BCUT2D eigenvalue weighted by molar-refractivity contribution is -0.125. The van der Waals surface area contributed by atoms with E-state index in [4.69, 9.17) is 21.1 Å². The molecule has 2 fully saturated rings. The first kappa shape index (κ1) is 16.5. The van der Waals surface area contributed by atoms with Crippen molar-refractivity contribution < 1.29 is 19.1 Å². The summed E-state index contributed by atoms with van der Waals surface area (Å²) in [7, 11) is 0. The van der Waals surface area contributed by atoms with E-state index in [2.05, 4.69) is 15.5 Å². The van der Waals surface area contributed by atoms with Crippen LogP contribution < -0.4 is 20.1 Å². The minimum absolute atomic E-state index is 0.127. The highest BCUT2D eigenvalue weighted by molar-refractivity contribution is 6.31. The van der Waals surface area contributed by atoms with Crippen molar-refractivity contribution in [1.82, 2.24) is 15.5 Å². The largest absolute Gasteiger partial charge is 0.454 e. The molecular weight excluding hydrogens is 346 g/mol. The van der Waals surface area contributed by atoms with Gasteiger partial charge in [-0.25, -0.2) is 4.79 Å². The Kier molecular flexibility index (Phi) is 4.00. The highest BCUT2D eigenvalue weighted by atomic mass is 35.5. The van der Waals surface area contributed by atoms with Gasteiger partial charge in [-0.15, -0.1) is 0 Å². The molecule has 4 rings (SSSR count). The topological polar surface area (TPSA) is 79.9 Å². The van der Waals surface area contributed by atoms with Crippen LogP contribution >= 0.6 is 11.6 Å². The SMILES string of the molecule is CC1(C2CCN(Cc3cc4c(cc3Cl)OCO4)CC2)NC(=O)NC1=O. The molecule has 0 spiro atoms. The number of imide groups is 1. The van der Waals surface area contributed by atoms with Crippen molar-refractivity contribution in [3.63, 3.8) is 0 Å². The van der Waals surface area contributed by atoms with E-state index in [9.17, 15) is 9.59 Å². The lowest BCUT2D eigenvalue weighted by Gasteiger charge is -2.38. The number of ether oxygens (including phenoxy) is 2. The molecule has 0 aromatic heterocycles. The number of nitrogens with one attached hydrogen (secondary N) is 2. The zero-order valence-corrected chi connectivity index (χ0v) is 14.7. The number of hydrogen-bond acceptors (Lipinski definition) is 5. The van der Waals surface area contributed by atoms with Crippen LogP contribution in [0, 0.1) is 5.92 Å². The van der Waals surface area contributed by atoms with Crippen LogP contribution in [0.2, 0.25) is 5.02 Å². The van der Waals surface area contributed by atoms with Gasteiger partial charge in [0, 0.05) is 17.6 Å². The van der Waals surface area contributed by atoms with E-state index in [0.29, 0.717) is 10.8 Å². The maximum absolute atomic E-state index is 12.1. The summed E-state index contributed by atoms with van der Waals surface area (Å²) in [6.07, 6.45) is 1.68. The summed E-state index contributed by atoms with van der Waals surface area (Å²) in [5, 5.41) is 5.79. The van der Waals surface area contributed by atoms with Crippen LogP contribution in [0.3, 0.4) is 0 Å². The van der Waals surface area contributed by atoms with Gasteiger partial charge in [0.05, 0.1) is 0 Å². The number of carbonyl (C=O) groups is 2. The van der Waals surface area contributed by atoms with E-state index >= 15 is 0 Å². The van der Waals surface area contributed by atoms with Crippen LogP contribution in [0.5, 0.6) is 11.5 Å². The molecule has 8 heteroatoms. The molecule has 3 amide bonds. The average molecular weight is 366 g/mol. The van der Waals surface area contributed by atoms with E-state index in [0.717, 1.165) is 43.8 Å². The van der Waals surface area contributed by atoms with Gasteiger partial charge in [-0.2, -0.15) is 0 Å². The quantitative estimate of drug-likeness (QED) is 0.799.